The van der Waals surface area contributed by atoms with Gasteiger partial charge in [0.25, 0.3) is 5.91 Å². The number of aromatic amines is 1. The number of benzene rings is 1. The largest absolute Gasteiger partial charge is 0.350 e. The predicted octanol–water partition coefficient (Wildman–Crippen LogP) is 4.56. The Morgan fingerprint density at radius 1 is 1.23 bits per heavy atom. The normalized spacial score (nSPS) is 15.1. The van der Waals surface area contributed by atoms with Crippen molar-refractivity contribution in [1.82, 2.24) is 25.1 Å². The van der Waals surface area contributed by atoms with Crippen molar-refractivity contribution >= 4 is 30.0 Å². The summed E-state index contributed by atoms with van der Waals surface area (Å²) < 4.78 is 0. The number of hydrogen-bond donors (Lipinski definition) is 3. The summed E-state index contributed by atoms with van der Waals surface area (Å²) in [6, 6.07) is 8.69. The summed E-state index contributed by atoms with van der Waals surface area (Å²) in [7, 11) is 0. The number of aromatic nitrogens is 2. The number of anilines is 1. The lowest BCUT2D eigenvalue weighted by molar-refractivity contribution is 0.102. The van der Waals surface area contributed by atoms with Gasteiger partial charge in [-0.3, -0.25) is 4.79 Å². The van der Waals surface area contributed by atoms with Crippen LogP contribution in [-0.2, 0) is 6.42 Å². The summed E-state index contributed by atoms with van der Waals surface area (Å²) in [5.41, 5.74) is 2.36. The quantitative estimate of drug-likeness (QED) is 0.442. The minimum atomic E-state index is -0.215. The number of carbonyl (C=O) groups excluding carboxylic acids is 2. The summed E-state index contributed by atoms with van der Waals surface area (Å²) in [5.74, 6) is 0.393. The molecule has 1 aromatic carbocycles. The van der Waals surface area contributed by atoms with E-state index in [1.165, 1.54) is 11.9 Å². The Morgan fingerprint density at radius 2 is 1.97 bits per heavy atom. The first-order valence-corrected chi connectivity index (χ1v) is 12.5. The highest BCUT2D eigenvalue weighted by atomic mass is 35.5. The zero-order valence-corrected chi connectivity index (χ0v) is 22.2. The Bertz CT molecular complexity index is 912. The zero-order chi connectivity index (χ0) is 24.5. The molecular formula is C26H41ClN6O2. The number of urea groups is 1. The van der Waals surface area contributed by atoms with Gasteiger partial charge >= 0.3 is 6.03 Å². The minimum Gasteiger partial charge on any atom is -0.350 e. The number of nitrogens with zero attached hydrogens (tertiary/aromatic N) is 3. The number of hydrogen-bond acceptors (Lipinski definition) is 4. The maximum atomic E-state index is 12.3. The van der Waals surface area contributed by atoms with Gasteiger partial charge in [0, 0.05) is 43.6 Å². The van der Waals surface area contributed by atoms with Crippen LogP contribution in [0.4, 0.5) is 10.5 Å². The van der Waals surface area contributed by atoms with Gasteiger partial charge in [0.05, 0.1) is 6.33 Å². The molecule has 0 bridgehead atoms. The highest BCUT2D eigenvalue weighted by Crippen LogP contribution is 2.22. The lowest BCUT2D eigenvalue weighted by Crippen LogP contribution is -2.48. The number of rotatable bonds is 10. The molecule has 1 atom stereocenters. The van der Waals surface area contributed by atoms with Crippen molar-refractivity contribution in [3.8, 4) is 0 Å². The molecule has 0 aliphatic carbocycles. The van der Waals surface area contributed by atoms with E-state index in [0.29, 0.717) is 17.7 Å². The molecule has 1 aliphatic heterocycles. The third kappa shape index (κ3) is 8.85. The number of likely N-dealkylation sites (tertiary alicyclic amines) is 1. The van der Waals surface area contributed by atoms with Crippen LogP contribution in [0.3, 0.4) is 0 Å². The molecule has 35 heavy (non-hydrogen) atoms. The van der Waals surface area contributed by atoms with Crippen LogP contribution in [0.5, 0.6) is 0 Å². The number of halogens is 1. The summed E-state index contributed by atoms with van der Waals surface area (Å²) in [6.45, 7) is 12.3. The van der Waals surface area contributed by atoms with E-state index in [1.54, 1.807) is 6.20 Å². The first-order chi connectivity index (χ1) is 16.4. The molecule has 1 saturated heterocycles. The van der Waals surface area contributed by atoms with Gasteiger partial charge in [0.15, 0.2) is 0 Å². The molecule has 3 rings (SSSR count). The molecule has 0 radical (unpaired) electrons. The monoisotopic (exact) mass is 504 g/mol. The van der Waals surface area contributed by atoms with Crippen molar-refractivity contribution in [1.29, 1.82) is 0 Å². The van der Waals surface area contributed by atoms with Gasteiger partial charge in [0.1, 0.15) is 5.69 Å². The molecule has 0 unspecified atom stereocenters. The van der Waals surface area contributed by atoms with Crippen molar-refractivity contribution in [2.24, 2.45) is 5.92 Å². The molecule has 3 amide bonds. The standard InChI is InChI=1S/C26H40N6O2.ClH/c1-5-11-32(17-21-9-12-31(13-10-21)26(34)29-19(2)3)20(4)14-22-7-6-8-23(15-22)30-25(33)24-16-27-18-28-24;/h6-8,15-16,18-21H,5,9-14,17H2,1-4H3,(H,27,28)(H,29,34)(H,30,33);1H/t20-;/m1./s1. The molecular weight excluding hydrogens is 464 g/mol. The summed E-state index contributed by atoms with van der Waals surface area (Å²) in [6.07, 6.45) is 7.21. The fourth-order valence-electron chi connectivity index (χ4n) is 4.59. The molecule has 194 valence electrons. The minimum absolute atomic E-state index is 0. The number of imidazole rings is 1. The van der Waals surface area contributed by atoms with Crippen LogP contribution in [0.25, 0.3) is 0 Å². The highest BCUT2D eigenvalue weighted by Gasteiger charge is 2.26. The number of H-pyrrole nitrogens is 1. The molecule has 9 heteroatoms. The van der Waals surface area contributed by atoms with Gasteiger partial charge in [-0.05, 0) is 76.6 Å². The van der Waals surface area contributed by atoms with Gasteiger partial charge < -0.3 is 25.4 Å². The number of piperidine rings is 1. The van der Waals surface area contributed by atoms with Crippen LogP contribution in [0, 0.1) is 5.92 Å². The number of amides is 3. The fourth-order valence-corrected chi connectivity index (χ4v) is 4.59. The Morgan fingerprint density at radius 3 is 2.60 bits per heavy atom. The van der Waals surface area contributed by atoms with E-state index < -0.39 is 0 Å². The molecule has 2 heterocycles. The lowest BCUT2D eigenvalue weighted by Gasteiger charge is -2.37. The van der Waals surface area contributed by atoms with E-state index in [4.69, 9.17) is 0 Å². The van der Waals surface area contributed by atoms with E-state index in [1.807, 2.05) is 30.9 Å². The second-order valence-corrected chi connectivity index (χ2v) is 9.69. The predicted molar refractivity (Wildman–Crippen MR) is 143 cm³/mol. The molecule has 0 spiro atoms. The van der Waals surface area contributed by atoms with Crippen LogP contribution in [0.15, 0.2) is 36.8 Å². The fraction of sp³-hybridized carbons (Fsp3) is 0.577. The first kappa shape index (κ1) is 28.7. The second kappa shape index (κ2) is 14.1. The Labute approximate surface area is 215 Å². The number of carbonyl (C=O) groups is 2. The van der Waals surface area contributed by atoms with Crippen LogP contribution in [0.2, 0.25) is 0 Å². The van der Waals surface area contributed by atoms with Crippen molar-refractivity contribution in [2.75, 3.05) is 31.5 Å². The summed E-state index contributed by atoms with van der Waals surface area (Å²) in [5, 5.41) is 5.93. The first-order valence-electron chi connectivity index (χ1n) is 12.5. The van der Waals surface area contributed by atoms with E-state index in [9.17, 15) is 9.59 Å². The van der Waals surface area contributed by atoms with E-state index in [-0.39, 0.29) is 30.4 Å². The highest BCUT2D eigenvalue weighted by molar-refractivity contribution is 6.02. The van der Waals surface area contributed by atoms with Gasteiger partial charge in [-0.2, -0.15) is 0 Å². The van der Waals surface area contributed by atoms with Gasteiger partial charge in [-0.15, -0.1) is 12.4 Å². The van der Waals surface area contributed by atoms with E-state index in [2.05, 4.69) is 51.5 Å². The summed E-state index contributed by atoms with van der Waals surface area (Å²) >= 11 is 0. The molecule has 1 fully saturated rings. The summed E-state index contributed by atoms with van der Waals surface area (Å²) in [4.78, 5) is 36.0. The third-order valence-electron chi connectivity index (χ3n) is 6.39. The molecule has 1 aromatic heterocycles. The van der Waals surface area contributed by atoms with Crippen molar-refractivity contribution in [3.63, 3.8) is 0 Å². The Hall–Kier alpha value is -2.58. The molecule has 2 aromatic rings. The van der Waals surface area contributed by atoms with Gasteiger partial charge in [-0.25, -0.2) is 9.78 Å². The van der Waals surface area contributed by atoms with E-state index in [0.717, 1.165) is 57.5 Å². The molecule has 3 N–H and O–H groups in total. The number of nitrogens with one attached hydrogen (secondary N) is 3. The van der Waals surface area contributed by atoms with Crippen LogP contribution < -0.4 is 10.6 Å². The Kier molecular flexibility index (Phi) is 11.5. The average Bonchev–Trinajstić information content (AvgIpc) is 3.34. The van der Waals surface area contributed by atoms with E-state index >= 15 is 0 Å². The van der Waals surface area contributed by atoms with Crippen molar-refractivity contribution in [2.45, 2.75) is 65.5 Å². The van der Waals surface area contributed by atoms with Gasteiger partial charge in [-0.1, -0.05) is 19.1 Å². The maximum Gasteiger partial charge on any atom is 0.317 e. The Balaban J connectivity index is 0.00000432. The van der Waals surface area contributed by atoms with Gasteiger partial charge in [0.2, 0.25) is 0 Å². The molecule has 8 nitrogen and oxygen atoms in total. The maximum absolute atomic E-state index is 12.3. The van der Waals surface area contributed by atoms with Crippen LogP contribution in [-0.4, -0.2) is 70.0 Å². The van der Waals surface area contributed by atoms with Crippen LogP contribution in [0.1, 0.15) is 63.0 Å². The molecule has 0 saturated carbocycles. The molecule has 1 aliphatic rings. The average molecular weight is 505 g/mol. The zero-order valence-electron chi connectivity index (χ0n) is 21.4. The van der Waals surface area contributed by atoms with Crippen LogP contribution >= 0.6 is 12.4 Å². The lowest BCUT2D eigenvalue weighted by atomic mass is 9.95. The van der Waals surface area contributed by atoms with Crippen molar-refractivity contribution < 1.29 is 9.59 Å². The SMILES string of the molecule is CCCN(CC1CCN(C(=O)NC(C)C)CC1)[C@H](C)Cc1cccc(NC(=O)c2c[nH]cn2)c1.Cl. The third-order valence-corrected chi connectivity index (χ3v) is 6.39. The smallest absolute Gasteiger partial charge is 0.317 e. The topological polar surface area (TPSA) is 93.4 Å². The second-order valence-electron chi connectivity index (χ2n) is 9.69. The van der Waals surface area contributed by atoms with Crippen molar-refractivity contribution in [3.05, 3.63) is 48.0 Å².